The van der Waals surface area contributed by atoms with Crippen LogP contribution in [-0.2, 0) is 10.4 Å². The van der Waals surface area contributed by atoms with Gasteiger partial charge in [-0.15, -0.1) is 0 Å². The average molecular weight is 665 g/mol. The van der Waals surface area contributed by atoms with E-state index in [1.54, 1.807) is 30.3 Å². The first kappa shape index (κ1) is 31.4. The van der Waals surface area contributed by atoms with Gasteiger partial charge in [0.1, 0.15) is 0 Å². The van der Waals surface area contributed by atoms with Crippen molar-refractivity contribution in [2.24, 2.45) is 4.99 Å². The normalized spacial score (nSPS) is 14.9. The molecule has 51 heavy (non-hydrogen) atoms. The van der Waals surface area contributed by atoms with E-state index in [0.29, 0.717) is 33.9 Å². The number of aliphatic hydroxyl groups is 1. The number of nitrogens with zero attached hydrogens (tertiary/aromatic N) is 1. The van der Waals surface area contributed by atoms with Crippen LogP contribution in [0.25, 0.3) is 11.1 Å². The van der Waals surface area contributed by atoms with Crippen LogP contribution in [0.5, 0.6) is 0 Å². The predicted molar refractivity (Wildman–Crippen MR) is 199 cm³/mol. The van der Waals surface area contributed by atoms with Gasteiger partial charge in [-0.1, -0.05) is 121 Å². The first-order valence-electron chi connectivity index (χ1n) is 16.6. The second-order valence-electron chi connectivity index (χ2n) is 12.3. The molecule has 3 aromatic heterocycles. The number of aromatic amines is 3. The zero-order valence-corrected chi connectivity index (χ0v) is 27.4. The standard InChI is InChI=1S/C44H32N4O3/c49-40-28-25-36(48-40)42(30-15-7-2-8-16-30)34-22-21-33(45-34)41(29-13-5-1-6-14-29)35-23-26-38(46-35)44(51,32-19-11-4-12-20-32)39-27-24-37(47-39)43(50)31-17-9-3-10-18-31/h1-28,45-47,51H/b41-33-,42-34+. The smallest absolute Gasteiger partial charge is 0.270 e. The SMILES string of the molecule is O=C1C=CC(/C(c2ccccc2)=c2\cc/c(=C(\c3ccccc3)c3ccc(C(O)(c4ccccc4)c4ccc(C(=O)c5ccccc5)[nH]4)[nH]3)[nH]2)=N1. The Balaban J connectivity index is 1.30. The Morgan fingerprint density at radius 1 is 0.510 bits per heavy atom. The molecule has 4 aromatic carbocycles. The summed E-state index contributed by atoms with van der Waals surface area (Å²) in [6.45, 7) is 0. The number of ketones is 1. The summed E-state index contributed by atoms with van der Waals surface area (Å²) in [5.41, 5.74) is 5.81. The van der Waals surface area contributed by atoms with Crippen LogP contribution in [0, 0.1) is 0 Å². The van der Waals surface area contributed by atoms with E-state index in [2.05, 4.69) is 19.9 Å². The van der Waals surface area contributed by atoms with Crippen molar-refractivity contribution in [3.63, 3.8) is 0 Å². The van der Waals surface area contributed by atoms with Gasteiger partial charge in [-0.2, -0.15) is 0 Å². The Bertz CT molecular complexity index is 2560. The number of aliphatic imine (C=N–C) groups is 1. The van der Waals surface area contributed by atoms with Gasteiger partial charge in [0, 0.05) is 39.2 Å². The molecule has 0 spiro atoms. The highest BCUT2D eigenvalue weighted by atomic mass is 16.3. The number of carbonyl (C=O) groups excluding carboxylic acids is 2. The van der Waals surface area contributed by atoms with Crippen molar-refractivity contribution in [1.82, 2.24) is 15.0 Å². The molecule has 4 N–H and O–H groups in total. The average Bonchev–Trinajstić information content (AvgIpc) is 4.03. The monoisotopic (exact) mass is 664 g/mol. The van der Waals surface area contributed by atoms with E-state index < -0.39 is 5.60 Å². The van der Waals surface area contributed by atoms with Crippen LogP contribution in [0.2, 0.25) is 0 Å². The molecule has 1 aliphatic heterocycles. The molecule has 7 heteroatoms. The summed E-state index contributed by atoms with van der Waals surface area (Å²) in [6.07, 6.45) is 3.22. The van der Waals surface area contributed by atoms with E-state index in [1.807, 2.05) is 133 Å². The summed E-state index contributed by atoms with van der Waals surface area (Å²) in [5, 5.41) is 14.4. The van der Waals surface area contributed by atoms with E-state index >= 15 is 0 Å². The summed E-state index contributed by atoms with van der Waals surface area (Å²) in [5.74, 6) is -0.452. The van der Waals surface area contributed by atoms with Crippen LogP contribution in [0.1, 0.15) is 49.8 Å². The molecule has 1 amide bonds. The van der Waals surface area contributed by atoms with Crippen LogP contribution >= 0.6 is 0 Å². The van der Waals surface area contributed by atoms with E-state index in [-0.39, 0.29) is 11.7 Å². The fraction of sp³-hybridized carbons (Fsp3) is 0.0227. The molecular formula is C44H32N4O3. The maximum Gasteiger partial charge on any atom is 0.270 e. The summed E-state index contributed by atoms with van der Waals surface area (Å²) < 4.78 is 0. The summed E-state index contributed by atoms with van der Waals surface area (Å²) in [4.78, 5) is 40.2. The molecule has 8 rings (SSSR count). The van der Waals surface area contributed by atoms with Crippen molar-refractivity contribution >= 4 is 28.5 Å². The zero-order chi connectivity index (χ0) is 34.8. The second kappa shape index (κ2) is 13.2. The second-order valence-corrected chi connectivity index (χ2v) is 12.3. The van der Waals surface area contributed by atoms with E-state index in [0.717, 1.165) is 38.7 Å². The van der Waals surface area contributed by atoms with E-state index in [4.69, 9.17) is 0 Å². The highest BCUT2D eigenvalue weighted by Crippen LogP contribution is 2.37. The largest absolute Gasteiger partial charge is 0.373 e. The number of hydrogen-bond acceptors (Lipinski definition) is 3. The number of rotatable bonds is 9. The van der Waals surface area contributed by atoms with Crippen LogP contribution in [0.15, 0.2) is 175 Å². The zero-order valence-electron chi connectivity index (χ0n) is 27.4. The number of nitrogens with one attached hydrogen (secondary N) is 3. The number of H-pyrrole nitrogens is 3. The number of carbonyl (C=O) groups is 2. The quantitative estimate of drug-likeness (QED) is 0.139. The van der Waals surface area contributed by atoms with Crippen molar-refractivity contribution in [1.29, 1.82) is 0 Å². The molecule has 0 bridgehead atoms. The maximum absolute atomic E-state index is 13.4. The number of aromatic nitrogens is 3. The molecule has 1 unspecified atom stereocenters. The highest BCUT2D eigenvalue weighted by molar-refractivity contribution is 6.34. The van der Waals surface area contributed by atoms with Gasteiger partial charge >= 0.3 is 0 Å². The molecular weight excluding hydrogens is 633 g/mol. The van der Waals surface area contributed by atoms with Crippen LogP contribution in [0.4, 0.5) is 0 Å². The molecule has 246 valence electrons. The van der Waals surface area contributed by atoms with Crippen molar-refractivity contribution in [2.75, 3.05) is 0 Å². The highest BCUT2D eigenvalue weighted by Gasteiger charge is 2.37. The lowest BCUT2D eigenvalue weighted by Crippen LogP contribution is -2.30. The molecule has 1 aliphatic rings. The lowest BCUT2D eigenvalue weighted by Gasteiger charge is -2.27. The Morgan fingerprint density at radius 3 is 1.57 bits per heavy atom. The number of amides is 1. The first-order chi connectivity index (χ1) is 25.0. The van der Waals surface area contributed by atoms with Gasteiger partial charge in [-0.25, -0.2) is 4.99 Å². The summed E-state index contributed by atoms with van der Waals surface area (Å²) in [6, 6.07) is 49.6. The predicted octanol–water partition coefficient (Wildman–Crippen LogP) is 6.17. The first-order valence-corrected chi connectivity index (χ1v) is 16.6. The molecule has 0 saturated carbocycles. The molecule has 0 saturated heterocycles. The van der Waals surface area contributed by atoms with Crippen molar-refractivity contribution in [2.45, 2.75) is 5.60 Å². The van der Waals surface area contributed by atoms with Gasteiger partial charge in [0.15, 0.2) is 5.60 Å². The van der Waals surface area contributed by atoms with Gasteiger partial charge < -0.3 is 20.1 Å². The summed E-state index contributed by atoms with van der Waals surface area (Å²) in [7, 11) is 0. The summed E-state index contributed by atoms with van der Waals surface area (Å²) >= 11 is 0. The van der Waals surface area contributed by atoms with Crippen LogP contribution < -0.4 is 10.7 Å². The van der Waals surface area contributed by atoms with E-state index in [1.165, 1.54) is 6.08 Å². The van der Waals surface area contributed by atoms with Crippen LogP contribution in [0.3, 0.4) is 0 Å². The van der Waals surface area contributed by atoms with Crippen molar-refractivity contribution in [3.8, 4) is 0 Å². The van der Waals surface area contributed by atoms with E-state index in [9.17, 15) is 14.7 Å². The molecule has 0 radical (unpaired) electrons. The fourth-order valence-corrected chi connectivity index (χ4v) is 6.65. The van der Waals surface area contributed by atoms with Gasteiger partial charge in [0.25, 0.3) is 5.91 Å². The molecule has 4 heterocycles. The van der Waals surface area contributed by atoms with Crippen molar-refractivity contribution in [3.05, 3.63) is 226 Å². The Hall–Kier alpha value is -6.83. The molecule has 1 atom stereocenters. The minimum atomic E-state index is -1.65. The number of allylic oxidation sites excluding steroid dienone is 1. The van der Waals surface area contributed by atoms with Crippen molar-refractivity contribution < 1.29 is 14.7 Å². The Labute approximate surface area is 293 Å². The third-order valence-electron chi connectivity index (χ3n) is 9.11. The Morgan fingerprint density at radius 2 is 1.00 bits per heavy atom. The van der Waals surface area contributed by atoms with Gasteiger partial charge in [0.2, 0.25) is 5.78 Å². The molecule has 7 nitrogen and oxygen atoms in total. The number of hydrogen-bond donors (Lipinski definition) is 4. The lowest BCUT2D eigenvalue weighted by atomic mass is 9.87. The third kappa shape index (κ3) is 5.92. The fourth-order valence-electron chi connectivity index (χ4n) is 6.65. The minimum absolute atomic E-state index is 0.165. The topological polar surface area (TPSA) is 114 Å². The Kier molecular flexibility index (Phi) is 8.16. The minimum Gasteiger partial charge on any atom is -0.373 e. The molecule has 7 aromatic rings. The van der Waals surface area contributed by atoms with Gasteiger partial charge in [-0.3, -0.25) is 9.59 Å². The van der Waals surface area contributed by atoms with Crippen LogP contribution in [-0.4, -0.2) is 37.5 Å². The third-order valence-corrected chi connectivity index (χ3v) is 9.11. The van der Waals surface area contributed by atoms with Gasteiger partial charge in [0.05, 0.1) is 22.8 Å². The molecule has 0 fully saturated rings. The lowest BCUT2D eigenvalue weighted by molar-refractivity contribution is -0.113. The maximum atomic E-state index is 13.4. The number of benzene rings is 4. The molecule has 0 aliphatic carbocycles. The van der Waals surface area contributed by atoms with Gasteiger partial charge in [-0.05, 0) is 59.2 Å².